The van der Waals surface area contributed by atoms with Crippen molar-refractivity contribution in [1.29, 1.82) is 0 Å². The zero-order valence-electron chi connectivity index (χ0n) is 34.5. The zero-order valence-corrected chi connectivity index (χ0v) is 34.5. The maximum atomic E-state index is 2.49. The SMILES string of the molecule is c1ccc(-c2ccc(-n3c4ccc(C5(c6ccccc6)c6ccccc6-c6ccccc65)cc4c4ccc(-c5cccc6c7ccccc7n(-c7ccccc7)c56)cc43)cc2)cc1. The van der Waals surface area contributed by atoms with Crippen molar-refractivity contribution in [2.75, 3.05) is 0 Å². The first-order chi connectivity index (χ1) is 31.3. The fourth-order valence-corrected chi connectivity index (χ4v) is 10.9. The molecular weight excluding hydrogens is 761 g/mol. The van der Waals surface area contributed by atoms with E-state index in [1.54, 1.807) is 0 Å². The first kappa shape index (κ1) is 35.5. The molecular formula is C61H40N2. The van der Waals surface area contributed by atoms with Crippen LogP contribution in [0.5, 0.6) is 0 Å². The van der Waals surface area contributed by atoms with Crippen LogP contribution in [0.2, 0.25) is 0 Å². The van der Waals surface area contributed by atoms with Crippen molar-refractivity contribution in [2.45, 2.75) is 5.41 Å². The number of hydrogen-bond donors (Lipinski definition) is 0. The molecule has 0 amide bonds. The maximum Gasteiger partial charge on any atom is 0.0713 e. The van der Waals surface area contributed by atoms with Gasteiger partial charge in [0.2, 0.25) is 0 Å². The molecule has 12 aromatic rings. The number of aromatic nitrogens is 2. The van der Waals surface area contributed by atoms with Crippen LogP contribution in [0.25, 0.3) is 88.4 Å². The molecule has 0 spiro atoms. The van der Waals surface area contributed by atoms with Crippen LogP contribution in [0.4, 0.5) is 0 Å². The minimum absolute atomic E-state index is 0.491. The summed E-state index contributed by atoms with van der Waals surface area (Å²) >= 11 is 0. The van der Waals surface area contributed by atoms with Crippen molar-refractivity contribution in [2.24, 2.45) is 0 Å². The Hall–Kier alpha value is -8.20. The Kier molecular flexibility index (Phi) is 7.85. The average Bonchev–Trinajstić information content (AvgIpc) is 3.99. The van der Waals surface area contributed by atoms with E-state index in [2.05, 4.69) is 252 Å². The molecule has 2 nitrogen and oxygen atoms in total. The van der Waals surface area contributed by atoms with Crippen molar-refractivity contribution in [1.82, 2.24) is 9.13 Å². The fourth-order valence-electron chi connectivity index (χ4n) is 10.9. The van der Waals surface area contributed by atoms with Crippen LogP contribution >= 0.6 is 0 Å². The highest BCUT2D eigenvalue weighted by molar-refractivity contribution is 6.15. The number of hydrogen-bond acceptors (Lipinski definition) is 0. The zero-order chi connectivity index (χ0) is 41.5. The van der Waals surface area contributed by atoms with Crippen LogP contribution in [0.15, 0.2) is 243 Å². The van der Waals surface area contributed by atoms with Crippen LogP contribution in [-0.2, 0) is 5.41 Å². The molecule has 2 heterocycles. The van der Waals surface area contributed by atoms with Crippen LogP contribution in [0.3, 0.4) is 0 Å². The second kappa shape index (κ2) is 13.9. The summed E-state index contributed by atoms with van der Waals surface area (Å²) in [6.45, 7) is 0. The fraction of sp³-hybridized carbons (Fsp3) is 0.0164. The summed E-state index contributed by atoms with van der Waals surface area (Å²) in [6.07, 6.45) is 0. The van der Waals surface area contributed by atoms with Gasteiger partial charge in [0, 0.05) is 38.5 Å². The van der Waals surface area contributed by atoms with Crippen LogP contribution in [0, 0.1) is 0 Å². The van der Waals surface area contributed by atoms with E-state index < -0.39 is 5.41 Å². The van der Waals surface area contributed by atoms with Crippen molar-refractivity contribution in [3.63, 3.8) is 0 Å². The first-order valence-electron chi connectivity index (χ1n) is 21.8. The minimum Gasteiger partial charge on any atom is -0.309 e. The second-order valence-electron chi connectivity index (χ2n) is 16.8. The Morgan fingerprint density at radius 1 is 0.270 bits per heavy atom. The van der Waals surface area contributed by atoms with Gasteiger partial charge in [0.05, 0.1) is 27.5 Å². The maximum absolute atomic E-state index is 2.49. The molecule has 0 saturated carbocycles. The van der Waals surface area contributed by atoms with Crippen LogP contribution in [0.1, 0.15) is 22.3 Å². The summed E-state index contributed by atoms with van der Waals surface area (Å²) in [4.78, 5) is 0. The van der Waals surface area contributed by atoms with Gasteiger partial charge >= 0.3 is 0 Å². The van der Waals surface area contributed by atoms with Crippen LogP contribution < -0.4 is 0 Å². The highest BCUT2D eigenvalue weighted by Crippen LogP contribution is 2.56. The number of benzene rings is 10. The molecule has 0 bridgehead atoms. The molecule has 63 heavy (non-hydrogen) atoms. The van der Waals surface area contributed by atoms with E-state index in [9.17, 15) is 0 Å². The second-order valence-corrected chi connectivity index (χ2v) is 16.8. The molecule has 2 heteroatoms. The molecule has 294 valence electrons. The predicted molar refractivity (Wildman–Crippen MR) is 263 cm³/mol. The summed E-state index contributed by atoms with van der Waals surface area (Å²) in [5.74, 6) is 0. The third-order valence-electron chi connectivity index (χ3n) is 13.6. The third-order valence-corrected chi connectivity index (χ3v) is 13.6. The van der Waals surface area contributed by atoms with E-state index in [0.717, 1.165) is 11.4 Å². The highest BCUT2D eigenvalue weighted by Gasteiger charge is 2.46. The van der Waals surface area contributed by atoms with Crippen molar-refractivity contribution >= 4 is 43.6 Å². The van der Waals surface area contributed by atoms with E-state index >= 15 is 0 Å². The van der Waals surface area contributed by atoms with Gasteiger partial charge in [-0.15, -0.1) is 0 Å². The third kappa shape index (κ3) is 5.19. The van der Waals surface area contributed by atoms with Crippen molar-refractivity contribution in [3.05, 3.63) is 265 Å². The Morgan fingerprint density at radius 3 is 1.56 bits per heavy atom. The van der Waals surface area contributed by atoms with Gasteiger partial charge < -0.3 is 9.13 Å². The molecule has 1 aliphatic carbocycles. The summed E-state index contributed by atoms with van der Waals surface area (Å²) in [6, 6.07) is 89.6. The summed E-state index contributed by atoms with van der Waals surface area (Å²) in [7, 11) is 0. The van der Waals surface area contributed by atoms with Gasteiger partial charge in [-0.05, 0) is 98.6 Å². The van der Waals surface area contributed by atoms with Gasteiger partial charge in [-0.3, -0.25) is 0 Å². The number of rotatable bonds is 6. The monoisotopic (exact) mass is 800 g/mol. The topological polar surface area (TPSA) is 9.86 Å². The smallest absolute Gasteiger partial charge is 0.0713 e. The molecule has 0 N–H and O–H groups in total. The predicted octanol–water partition coefficient (Wildman–Crippen LogP) is 15.6. The van der Waals surface area contributed by atoms with Gasteiger partial charge in [-0.2, -0.15) is 0 Å². The quantitative estimate of drug-likeness (QED) is 0.159. The molecule has 0 unspecified atom stereocenters. The minimum atomic E-state index is -0.491. The largest absolute Gasteiger partial charge is 0.309 e. The molecule has 0 aliphatic heterocycles. The van der Waals surface area contributed by atoms with Crippen molar-refractivity contribution < 1.29 is 0 Å². The Bertz CT molecular complexity index is 3660. The molecule has 0 radical (unpaired) electrons. The summed E-state index contributed by atoms with van der Waals surface area (Å²) in [5.41, 5.74) is 19.1. The summed E-state index contributed by atoms with van der Waals surface area (Å²) < 4.78 is 4.92. The normalized spacial score (nSPS) is 12.9. The van der Waals surface area contributed by atoms with E-state index in [1.165, 1.54) is 99.2 Å². The average molecular weight is 801 g/mol. The molecule has 13 rings (SSSR count). The highest BCUT2D eigenvalue weighted by atomic mass is 15.0. The van der Waals surface area contributed by atoms with Gasteiger partial charge in [0.25, 0.3) is 0 Å². The van der Waals surface area contributed by atoms with Gasteiger partial charge in [0.15, 0.2) is 0 Å². The van der Waals surface area contributed by atoms with Crippen LogP contribution in [-0.4, -0.2) is 9.13 Å². The lowest BCUT2D eigenvalue weighted by Gasteiger charge is -2.34. The lowest BCUT2D eigenvalue weighted by Crippen LogP contribution is -2.28. The van der Waals surface area contributed by atoms with Gasteiger partial charge in [0.1, 0.15) is 0 Å². The number of para-hydroxylation sites is 3. The Labute approximate surface area is 366 Å². The number of nitrogens with zero attached hydrogens (tertiary/aromatic N) is 2. The molecule has 10 aromatic carbocycles. The number of fused-ring (bicyclic) bond motifs is 9. The van der Waals surface area contributed by atoms with E-state index in [-0.39, 0.29) is 0 Å². The van der Waals surface area contributed by atoms with E-state index in [0.29, 0.717) is 0 Å². The summed E-state index contributed by atoms with van der Waals surface area (Å²) in [5, 5.41) is 4.95. The molecule has 2 aromatic heterocycles. The first-order valence-corrected chi connectivity index (χ1v) is 21.8. The van der Waals surface area contributed by atoms with E-state index in [4.69, 9.17) is 0 Å². The molecule has 0 fully saturated rings. The van der Waals surface area contributed by atoms with E-state index in [1.807, 2.05) is 0 Å². The standard InChI is InChI=1S/C61H40N2/c1-4-17-41(18-5-1)42-31-35-47(36-32-42)62-58-38-34-45(61(44-19-6-2-7-20-44)55-28-13-10-23-49(55)50-24-11-14-29-56(50)61)40-54(58)52-37-33-43(39-59(52)62)48-26-16-27-53-51-25-12-15-30-57(51)63(60(48)53)46-21-8-3-9-22-46/h1-40H. The molecule has 0 saturated heterocycles. The Balaban J connectivity index is 1.09. The lowest BCUT2D eigenvalue weighted by atomic mass is 9.67. The van der Waals surface area contributed by atoms with Gasteiger partial charge in [-0.25, -0.2) is 0 Å². The Morgan fingerprint density at radius 2 is 0.810 bits per heavy atom. The molecule has 1 aliphatic rings. The van der Waals surface area contributed by atoms with Crippen molar-refractivity contribution in [3.8, 4) is 44.8 Å². The molecule has 0 atom stereocenters. The lowest BCUT2D eigenvalue weighted by molar-refractivity contribution is 0.770. The van der Waals surface area contributed by atoms with Gasteiger partial charge in [-0.1, -0.05) is 194 Å².